The summed E-state index contributed by atoms with van der Waals surface area (Å²) in [4.78, 5) is 11.6. The molecule has 1 aromatic carbocycles. The van der Waals surface area contributed by atoms with Gasteiger partial charge in [-0.05, 0) is 41.1 Å². The van der Waals surface area contributed by atoms with Crippen LogP contribution in [0.3, 0.4) is 0 Å². The maximum Gasteiger partial charge on any atom is 0.251 e. The lowest BCUT2D eigenvalue weighted by Crippen LogP contribution is -2.43. The number of hydrogen-bond acceptors (Lipinski definition) is 3. The van der Waals surface area contributed by atoms with Crippen molar-refractivity contribution in [2.75, 3.05) is 6.54 Å². The first-order valence-electron chi connectivity index (χ1n) is 5.08. The van der Waals surface area contributed by atoms with Gasteiger partial charge in [0.2, 0.25) is 0 Å². The van der Waals surface area contributed by atoms with E-state index in [9.17, 15) is 9.18 Å². The number of nitrogens with one attached hydrogen (secondary N) is 1. The maximum atomic E-state index is 13.2. The Morgan fingerprint density at radius 3 is 2.82 bits per heavy atom. The normalized spacial score (nSPS) is 14.2. The molecular formula is C11H14BrFN2O2. The van der Waals surface area contributed by atoms with Crippen LogP contribution in [0.5, 0.6) is 0 Å². The quantitative estimate of drug-likeness (QED) is 0.777. The van der Waals surface area contributed by atoms with Crippen LogP contribution in [0.1, 0.15) is 17.3 Å². The minimum atomic E-state index is -0.711. The van der Waals surface area contributed by atoms with Crippen molar-refractivity contribution in [1.29, 1.82) is 0 Å². The highest BCUT2D eigenvalue weighted by Crippen LogP contribution is 2.16. The van der Waals surface area contributed by atoms with Crippen molar-refractivity contribution in [3.8, 4) is 0 Å². The topological polar surface area (TPSA) is 75.3 Å². The van der Waals surface area contributed by atoms with Crippen LogP contribution >= 0.6 is 15.9 Å². The second-order valence-corrected chi connectivity index (χ2v) is 4.60. The Bertz CT molecular complexity index is 412. The molecule has 0 aromatic heterocycles. The highest BCUT2D eigenvalue weighted by molar-refractivity contribution is 9.10. The predicted octanol–water partition coefficient (Wildman–Crippen LogP) is 1.03. The van der Waals surface area contributed by atoms with Gasteiger partial charge in [0.05, 0.1) is 10.6 Å². The predicted molar refractivity (Wildman–Crippen MR) is 66.1 cm³/mol. The van der Waals surface area contributed by atoms with Crippen LogP contribution < -0.4 is 11.1 Å². The molecule has 4 N–H and O–H groups in total. The molecule has 4 nitrogen and oxygen atoms in total. The largest absolute Gasteiger partial charge is 0.392 e. The Labute approximate surface area is 107 Å². The van der Waals surface area contributed by atoms with Crippen molar-refractivity contribution in [2.24, 2.45) is 5.73 Å². The Kier molecular flexibility index (Phi) is 5.04. The average molecular weight is 305 g/mol. The van der Waals surface area contributed by atoms with E-state index < -0.39 is 23.9 Å². The number of aliphatic hydroxyl groups is 1. The van der Waals surface area contributed by atoms with Crippen molar-refractivity contribution in [2.45, 2.75) is 19.1 Å². The number of aliphatic hydroxyl groups excluding tert-OH is 1. The second kappa shape index (κ2) is 6.09. The zero-order valence-electron chi connectivity index (χ0n) is 9.28. The summed E-state index contributed by atoms with van der Waals surface area (Å²) in [6, 6.07) is 3.54. The molecule has 17 heavy (non-hydrogen) atoms. The van der Waals surface area contributed by atoms with E-state index in [2.05, 4.69) is 21.2 Å². The van der Waals surface area contributed by atoms with Gasteiger partial charge in [-0.1, -0.05) is 0 Å². The fourth-order valence-electron chi connectivity index (χ4n) is 1.12. The van der Waals surface area contributed by atoms with Gasteiger partial charge in [0.15, 0.2) is 0 Å². The van der Waals surface area contributed by atoms with Gasteiger partial charge in [0.25, 0.3) is 5.91 Å². The minimum Gasteiger partial charge on any atom is -0.392 e. The molecule has 2 atom stereocenters. The molecule has 0 heterocycles. The minimum absolute atomic E-state index is 0.133. The van der Waals surface area contributed by atoms with Crippen molar-refractivity contribution in [3.05, 3.63) is 34.1 Å². The number of carbonyl (C=O) groups is 1. The molecule has 0 aliphatic heterocycles. The van der Waals surface area contributed by atoms with Crippen molar-refractivity contribution in [3.63, 3.8) is 0 Å². The summed E-state index contributed by atoms with van der Waals surface area (Å²) < 4.78 is 13.5. The van der Waals surface area contributed by atoms with Crippen molar-refractivity contribution >= 4 is 21.8 Å². The molecule has 1 aromatic rings. The zero-order chi connectivity index (χ0) is 13.0. The fraction of sp³-hybridized carbons (Fsp3) is 0.364. The summed E-state index contributed by atoms with van der Waals surface area (Å²) in [5, 5.41) is 11.7. The first kappa shape index (κ1) is 14.1. The lowest BCUT2D eigenvalue weighted by atomic mass is 10.1. The van der Waals surface area contributed by atoms with Gasteiger partial charge < -0.3 is 16.2 Å². The third-order valence-electron chi connectivity index (χ3n) is 2.30. The number of amides is 1. The molecule has 1 rings (SSSR count). The van der Waals surface area contributed by atoms with Crippen LogP contribution in [-0.2, 0) is 0 Å². The van der Waals surface area contributed by atoms with E-state index in [4.69, 9.17) is 10.8 Å². The number of carbonyl (C=O) groups excluding carboxylic acids is 1. The van der Waals surface area contributed by atoms with Crippen LogP contribution in [-0.4, -0.2) is 29.7 Å². The van der Waals surface area contributed by atoms with E-state index in [1.165, 1.54) is 19.1 Å². The Morgan fingerprint density at radius 2 is 2.29 bits per heavy atom. The molecule has 0 aliphatic rings. The van der Waals surface area contributed by atoms with E-state index in [0.717, 1.165) is 6.07 Å². The molecule has 94 valence electrons. The van der Waals surface area contributed by atoms with E-state index >= 15 is 0 Å². The van der Waals surface area contributed by atoms with E-state index in [-0.39, 0.29) is 12.1 Å². The molecule has 0 fully saturated rings. The third-order valence-corrected chi connectivity index (χ3v) is 2.94. The number of benzene rings is 1. The summed E-state index contributed by atoms with van der Waals surface area (Å²) in [6.07, 6.45) is -0.711. The number of nitrogens with two attached hydrogens (primary N) is 1. The van der Waals surface area contributed by atoms with Crippen LogP contribution in [0.25, 0.3) is 0 Å². The lowest BCUT2D eigenvalue weighted by Gasteiger charge is -2.15. The molecule has 0 bridgehead atoms. The van der Waals surface area contributed by atoms with Gasteiger partial charge in [-0.25, -0.2) is 4.39 Å². The summed E-state index contributed by atoms with van der Waals surface area (Å²) in [7, 11) is 0. The molecular weight excluding hydrogens is 291 g/mol. The first-order valence-corrected chi connectivity index (χ1v) is 5.88. The van der Waals surface area contributed by atoms with Crippen LogP contribution in [0.2, 0.25) is 0 Å². The fourth-order valence-corrected chi connectivity index (χ4v) is 1.37. The molecule has 0 saturated carbocycles. The standard InChI is InChI=1S/C11H14BrFN2O2/c1-6(16)10(14)5-15-11(17)7-2-3-8(12)9(13)4-7/h2-4,6,10,16H,5,14H2,1H3,(H,15,17). The summed E-state index contributed by atoms with van der Waals surface area (Å²) in [5.74, 6) is -0.926. The van der Waals surface area contributed by atoms with Gasteiger partial charge >= 0.3 is 0 Å². The Hall–Kier alpha value is -0.980. The first-order chi connectivity index (χ1) is 7.91. The van der Waals surface area contributed by atoms with Gasteiger partial charge in [0, 0.05) is 18.2 Å². The van der Waals surface area contributed by atoms with Crippen LogP contribution in [0.15, 0.2) is 22.7 Å². The van der Waals surface area contributed by atoms with Gasteiger partial charge in [0.1, 0.15) is 5.82 Å². The summed E-state index contributed by atoms with van der Waals surface area (Å²) in [5.41, 5.74) is 5.76. The van der Waals surface area contributed by atoms with E-state index in [1.807, 2.05) is 0 Å². The Balaban J connectivity index is 2.61. The molecule has 0 aliphatic carbocycles. The summed E-state index contributed by atoms with van der Waals surface area (Å²) in [6.45, 7) is 1.67. The van der Waals surface area contributed by atoms with Crippen LogP contribution in [0.4, 0.5) is 4.39 Å². The number of rotatable bonds is 4. The SMILES string of the molecule is CC(O)C(N)CNC(=O)c1ccc(Br)c(F)c1. The van der Waals surface area contributed by atoms with Crippen LogP contribution in [0, 0.1) is 5.82 Å². The smallest absolute Gasteiger partial charge is 0.251 e. The zero-order valence-corrected chi connectivity index (χ0v) is 10.9. The average Bonchev–Trinajstić information content (AvgIpc) is 2.28. The second-order valence-electron chi connectivity index (χ2n) is 3.74. The third kappa shape index (κ3) is 4.07. The molecule has 1 amide bonds. The monoisotopic (exact) mass is 304 g/mol. The number of halogens is 2. The summed E-state index contributed by atoms with van der Waals surface area (Å²) >= 11 is 3.00. The Morgan fingerprint density at radius 1 is 1.65 bits per heavy atom. The molecule has 0 radical (unpaired) electrons. The van der Waals surface area contributed by atoms with Crippen molar-refractivity contribution < 1.29 is 14.3 Å². The van der Waals surface area contributed by atoms with Gasteiger partial charge in [-0.2, -0.15) is 0 Å². The van der Waals surface area contributed by atoms with E-state index in [1.54, 1.807) is 0 Å². The van der Waals surface area contributed by atoms with Gasteiger partial charge in [-0.3, -0.25) is 4.79 Å². The maximum absolute atomic E-state index is 13.2. The highest BCUT2D eigenvalue weighted by Gasteiger charge is 2.12. The highest BCUT2D eigenvalue weighted by atomic mass is 79.9. The lowest BCUT2D eigenvalue weighted by molar-refractivity contribution is 0.0937. The van der Waals surface area contributed by atoms with Gasteiger partial charge in [-0.15, -0.1) is 0 Å². The van der Waals surface area contributed by atoms with Crippen molar-refractivity contribution in [1.82, 2.24) is 5.32 Å². The molecule has 2 unspecified atom stereocenters. The molecule has 0 saturated heterocycles. The van der Waals surface area contributed by atoms with E-state index in [0.29, 0.717) is 4.47 Å². The molecule has 6 heteroatoms. The number of hydrogen-bond donors (Lipinski definition) is 3. The molecule has 0 spiro atoms.